The van der Waals surface area contributed by atoms with Crippen LogP contribution in [0.5, 0.6) is 0 Å². The smallest absolute Gasteiger partial charge is 0.362 e. The van der Waals surface area contributed by atoms with Gasteiger partial charge in [-0.3, -0.25) is 0 Å². The van der Waals surface area contributed by atoms with E-state index in [-0.39, 0.29) is 22.9 Å². The Morgan fingerprint density at radius 2 is 1.37 bits per heavy atom. The van der Waals surface area contributed by atoms with Gasteiger partial charge in [-0.1, -0.05) is 41.5 Å². The van der Waals surface area contributed by atoms with E-state index in [1.165, 1.54) is 32.1 Å². The topological polar surface area (TPSA) is 35.5 Å². The number of hydrogen-bond donors (Lipinski definition) is 0. The van der Waals surface area contributed by atoms with Crippen molar-refractivity contribution in [1.29, 1.82) is 0 Å². The van der Waals surface area contributed by atoms with E-state index < -0.39 is 0 Å². The molecule has 4 saturated carbocycles. The zero-order valence-electron chi connectivity index (χ0n) is 20.8. The predicted molar refractivity (Wildman–Crippen MR) is 120 cm³/mol. The van der Waals surface area contributed by atoms with Crippen LogP contribution in [0.15, 0.2) is 0 Å². The van der Waals surface area contributed by atoms with E-state index in [0.717, 1.165) is 25.5 Å². The summed E-state index contributed by atoms with van der Waals surface area (Å²) in [6.07, 6.45) is 7.83. The van der Waals surface area contributed by atoms with Gasteiger partial charge >= 0.3 is 5.97 Å². The molecule has 0 aromatic carbocycles. The minimum absolute atomic E-state index is 0.0393. The van der Waals surface area contributed by atoms with Crippen molar-refractivity contribution < 1.29 is 18.8 Å². The largest absolute Gasteiger partial charge is 0.458 e. The summed E-state index contributed by atoms with van der Waals surface area (Å²) in [5.74, 6) is 1.46. The number of likely N-dealkylation sites (N-methyl/N-ethyl adjacent to an activating group) is 1. The van der Waals surface area contributed by atoms with Crippen LogP contribution in [-0.2, 0) is 14.3 Å². The molecule has 172 valence electrons. The van der Waals surface area contributed by atoms with Crippen molar-refractivity contribution in [1.82, 2.24) is 0 Å². The highest BCUT2D eigenvalue weighted by molar-refractivity contribution is 5.71. The molecule has 0 aromatic heterocycles. The van der Waals surface area contributed by atoms with E-state index in [9.17, 15) is 4.79 Å². The number of carbonyl (C=O) groups excluding carboxylic acids is 1. The molecule has 0 N–H and O–H groups in total. The predicted octanol–water partition coefficient (Wildman–Crippen LogP) is 5.05. The van der Waals surface area contributed by atoms with Gasteiger partial charge in [0.1, 0.15) is 12.6 Å². The van der Waals surface area contributed by atoms with Crippen LogP contribution in [0.4, 0.5) is 0 Å². The lowest BCUT2D eigenvalue weighted by Gasteiger charge is -2.40. The first kappa shape index (κ1) is 22.6. The van der Waals surface area contributed by atoms with Crippen molar-refractivity contribution in [2.24, 2.45) is 33.5 Å². The van der Waals surface area contributed by atoms with E-state index in [1.54, 1.807) is 0 Å². The molecule has 0 unspecified atom stereocenters. The van der Waals surface area contributed by atoms with Gasteiger partial charge in [-0.25, -0.2) is 4.79 Å². The molecule has 4 bridgehead atoms. The maximum absolute atomic E-state index is 12.8. The van der Waals surface area contributed by atoms with Crippen molar-refractivity contribution in [3.63, 3.8) is 0 Å². The molecule has 0 spiro atoms. The van der Waals surface area contributed by atoms with E-state index in [4.69, 9.17) is 9.47 Å². The van der Waals surface area contributed by atoms with Crippen molar-refractivity contribution in [3.05, 3.63) is 0 Å². The lowest BCUT2D eigenvalue weighted by molar-refractivity contribution is -0.883. The number of ether oxygens (including phenoxy) is 2. The second-order valence-electron chi connectivity index (χ2n) is 13.4. The highest BCUT2D eigenvalue weighted by Crippen LogP contribution is 2.67. The first-order valence-corrected chi connectivity index (χ1v) is 12.4. The standard InChI is InChI=1S/C26H46NO3/c1-23(2)18-9-11-25(23,5)20(15-18)29-14-13-27(7,8)17-22(28)30-21-16-19-10-12-26(21,6)24(19,3)4/h18-21H,9-17H2,1-8H3/q+1/t18-,19+,20-,21-,25+,26+/m0/s1. The number of carbonyl (C=O) groups is 1. The van der Waals surface area contributed by atoms with Crippen LogP contribution in [0, 0.1) is 33.5 Å². The lowest BCUT2D eigenvalue weighted by Crippen LogP contribution is -2.49. The van der Waals surface area contributed by atoms with Crippen LogP contribution in [-0.4, -0.2) is 56.5 Å². The summed E-state index contributed by atoms with van der Waals surface area (Å²) in [6, 6.07) is 0. The molecule has 4 rings (SSSR count). The second-order valence-corrected chi connectivity index (χ2v) is 13.4. The van der Waals surface area contributed by atoms with Crippen molar-refractivity contribution in [2.75, 3.05) is 33.8 Å². The molecule has 0 heterocycles. The van der Waals surface area contributed by atoms with Crippen LogP contribution >= 0.6 is 0 Å². The maximum Gasteiger partial charge on any atom is 0.362 e. The number of quaternary nitrogens is 1. The third-order valence-corrected chi connectivity index (χ3v) is 11.3. The summed E-state index contributed by atoms with van der Waals surface area (Å²) >= 11 is 0. The Labute approximate surface area is 184 Å². The summed E-state index contributed by atoms with van der Waals surface area (Å²) in [5, 5.41) is 0. The van der Waals surface area contributed by atoms with Gasteiger partial charge in [-0.15, -0.1) is 0 Å². The van der Waals surface area contributed by atoms with Gasteiger partial charge in [0.2, 0.25) is 0 Å². The van der Waals surface area contributed by atoms with Gasteiger partial charge in [-0.05, 0) is 66.6 Å². The van der Waals surface area contributed by atoms with Gasteiger partial charge in [-0.2, -0.15) is 0 Å². The summed E-state index contributed by atoms with van der Waals surface area (Å²) in [5.41, 5.74) is 1.10. The SMILES string of the molecule is CC1(C)[C@H]2CC[C@]1(C)[C@@H](OCC[N+](C)(C)CC(=O)O[C@H]1C[C@H]3CC[C@@]1(C)C3(C)C)C2. The number of rotatable bonds is 7. The molecule has 0 aromatic rings. The fraction of sp³-hybridized carbons (Fsp3) is 0.962. The molecule has 0 saturated heterocycles. The monoisotopic (exact) mass is 420 g/mol. The maximum atomic E-state index is 12.8. The van der Waals surface area contributed by atoms with Crippen molar-refractivity contribution in [2.45, 2.75) is 92.3 Å². The van der Waals surface area contributed by atoms with Crippen molar-refractivity contribution >= 4 is 5.97 Å². The van der Waals surface area contributed by atoms with Crippen LogP contribution < -0.4 is 0 Å². The average Bonchev–Trinajstić information content (AvgIpc) is 3.13. The summed E-state index contributed by atoms with van der Waals surface area (Å²) in [6.45, 7) is 16.4. The van der Waals surface area contributed by atoms with Gasteiger partial charge < -0.3 is 14.0 Å². The molecule has 0 aliphatic heterocycles. The second kappa shape index (κ2) is 6.94. The third kappa shape index (κ3) is 3.18. The number of nitrogens with zero attached hydrogens (tertiary/aromatic N) is 1. The third-order valence-electron chi connectivity index (χ3n) is 11.3. The van der Waals surface area contributed by atoms with E-state index in [1.807, 2.05) is 0 Å². The molecule has 0 radical (unpaired) electrons. The molecule has 4 heteroatoms. The summed E-state index contributed by atoms with van der Waals surface area (Å²) in [4.78, 5) is 12.8. The van der Waals surface area contributed by atoms with Crippen LogP contribution in [0.25, 0.3) is 0 Å². The fourth-order valence-corrected chi connectivity index (χ4v) is 7.76. The highest BCUT2D eigenvalue weighted by atomic mass is 16.5. The van der Waals surface area contributed by atoms with E-state index in [0.29, 0.717) is 33.9 Å². The Balaban J connectivity index is 1.26. The number of hydrogen-bond acceptors (Lipinski definition) is 3. The van der Waals surface area contributed by atoms with E-state index >= 15 is 0 Å². The van der Waals surface area contributed by atoms with Gasteiger partial charge in [0.05, 0.1) is 26.8 Å². The molecular weight excluding hydrogens is 374 g/mol. The summed E-state index contributed by atoms with van der Waals surface area (Å²) < 4.78 is 13.2. The fourth-order valence-electron chi connectivity index (χ4n) is 7.76. The molecular formula is C26H46NO3+. The van der Waals surface area contributed by atoms with Gasteiger partial charge in [0, 0.05) is 5.41 Å². The Morgan fingerprint density at radius 3 is 1.80 bits per heavy atom. The Morgan fingerprint density at radius 1 is 0.867 bits per heavy atom. The Bertz CT molecular complexity index is 698. The number of esters is 1. The Hall–Kier alpha value is -0.610. The first-order chi connectivity index (χ1) is 13.7. The minimum atomic E-state index is -0.0393. The summed E-state index contributed by atoms with van der Waals surface area (Å²) in [7, 11) is 4.26. The normalized spacial score (nSPS) is 43.3. The van der Waals surface area contributed by atoms with Crippen LogP contribution in [0.3, 0.4) is 0 Å². The molecule has 30 heavy (non-hydrogen) atoms. The van der Waals surface area contributed by atoms with Crippen LogP contribution in [0.2, 0.25) is 0 Å². The highest BCUT2D eigenvalue weighted by Gasteiger charge is 2.63. The molecule has 0 amide bonds. The molecule has 4 fully saturated rings. The molecule has 4 aliphatic carbocycles. The number of fused-ring (bicyclic) bond motifs is 4. The quantitative estimate of drug-likeness (QED) is 0.427. The molecule has 6 atom stereocenters. The Kier molecular flexibility index (Phi) is 5.22. The molecule has 4 aliphatic rings. The lowest BCUT2D eigenvalue weighted by atomic mass is 9.70. The zero-order chi connectivity index (χ0) is 22.2. The van der Waals surface area contributed by atoms with Gasteiger partial charge in [0.25, 0.3) is 0 Å². The van der Waals surface area contributed by atoms with Gasteiger partial charge in [0.15, 0.2) is 6.54 Å². The molecule has 4 nitrogen and oxygen atoms in total. The average molecular weight is 421 g/mol. The first-order valence-electron chi connectivity index (χ1n) is 12.4. The van der Waals surface area contributed by atoms with Crippen LogP contribution in [0.1, 0.15) is 80.1 Å². The van der Waals surface area contributed by atoms with E-state index in [2.05, 4.69) is 55.6 Å². The van der Waals surface area contributed by atoms with Crippen molar-refractivity contribution in [3.8, 4) is 0 Å². The minimum Gasteiger partial charge on any atom is -0.458 e. The zero-order valence-corrected chi connectivity index (χ0v) is 20.8.